The summed E-state index contributed by atoms with van der Waals surface area (Å²) in [5.41, 5.74) is 0.452. The predicted molar refractivity (Wildman–Crippen MR) is 97.8 cm³/mol. The van der Waals surface area contributed by atoms with Crippen molar-refractivity contribution in [3.8, 4) is 11.8 Å². The summed E-state index contributed by atoms with van der Waals surface area (Å²) in [6.07, 6.45) is -0.470. The lowest BCUT2D eigenvalue weighted by Crippen LogP contribution is -2.50. The molecule has 0 atom stereocenters. The van der Waals surface area contributed by atoms with E-state index in [1.54, 1.807) is 33.8 Å². The fraction of sp³-hybridized carbons (Fsp3) is 0.421. The van der Waals surface area contributed by atoms with Crippen LogP contribution in [0.5, 0.6) is 0 Å². The fourth-order valence-corrected chi connectivity index (χ4v) is 2.50. The molecule has 144 valence electrons. The van der Waals surface area contributed by atoms with E-state index in [9.17, 15) is 18.8 Å². The Labute approximate surface area is 157 Å². The maximum absolute atomic E-state index is 14.5. The third-order valence-corrected chi connectivity index (χ3v) is 3.53. The Morgan fingerprint density at radius 2 is 2.07 bits per heavy atom. The quantitative estimate of drug-likeness (QED) is 0.778. The van der Waals surface area contributed by atoms with Crippen molar-refractivity contribution in [1.29, 1.82) is 0 Å². The normalized spacial score (nSPS) is 14.2. The molecule has 1 fully saturated rings. The van der Waals surface area contributed by atoms with Crippen LogP contribution in [0.15, 0.2) is 12.1 Å². The van der Waals surface area contributed by atoms with E-state index in [1.165, 1.54) is 11.0 Å². The number of nitrogens with one attached hydrogen (secondary N) is 2. The monoisotopic (exact) mass is 375 g/mol. The number of urea groups is 1. The summed E-state index contributed by atoms with van der Waals surface area (Å²) in [5.74, 6) is 4.49. The molecule has 0 aliphatic carbocycles. The fourth-order valence-electron chi connectivity index (χ4n) is 2.50. The van der Waals surface area contributed by atoms with E-state index < -0.39 is 23.5 Å². The highest BCUT2D eigenvalue weighted by Crippen LogP contribution is 2.27. The number of halogens is 1. The number of ether oxygens (including phenoxy) is 1. The highest BCUT2D eigenvalue weighted by Gasteiger charge is 2.27. The van der Waals surface area contributed by atoms with Crippen LogP contribution < -0.4 is 15.5 Å². The van der Waals surface area contributed by atoms with Crippen molar-refractivity contribution in [2.45, 2.75) is 39.7 Å². The van der Waals surface area contributed by atoms with Gasteiger partial charge in [-0.15, -0.1) is 0 Å². The van der Waals surface area contributed by atoms with Gasteiger partial charge in [-0.25, -0.2) is 14.0 Å². The van der Waals surface area contributed by atoms with Gasteiger partial charge in [-0.1, -0.05) is 11.8 Å². The number of carbonyl (C=O) groups is 3. The maximum atomic E-state index is 14.5. The largest absolute Gasteiger partial charge is 0.444 e. The highest BCUT2D eigenvalue weighted by molar-refractivity contribution is 6.06. The molecule has 1 aromatic rings. The number of alkyl carbamates (subject to hydrolysis) is 1. The molecule has 1 saturated heterocycles. The molecule has 0 spiro atoms. The summed E-state index contributed by atoms with van der Waals surface area (Å²) in [6, 6.07) is 2.21. The Kier molecular flexibility index (Phi) is 6.05. The number of carbonyl (C=O) groups excluding carboxylic acids is 3. The Morgan fingerprint density at radius 3 is 2.67 bits per heavy atom. The molecule has 8 heteroatoms. The number of hydrogen-bond acceptors (Lipinski definition) is 4. The minimum absolute atomic E-state index is 0.0496. The lowest BCUT2D eigenvalue weighted by Gasteiger charge is -2.28. The standard InChI is InChI=1S/C19H22FN3O4/c1-12-10-13(6-5-8-21-18(26)27-19(2,3)4)11-14(20)16(12)23-9-7-15(24)22-17(23)25/h10-11H,7-9H2,1-4H3,(H,21,26)(H,22,24,25). The Hall–Kier alpha value is -3.08. The van der Waals surface area contributed by atoms with E-state index in [-0.39, 0.29) is 31.1 Å². The topological polar surface area (TPSA) is 87.7 Å². The lowest BCUT2D eigenvalue weighted by molar-refractivity contribution is -0.120. The van der Waals surface area contributed by atoms with E-state index in [1.807, 2.05) is 0 Å². The summed E-state index contributed by atoms with van der Waals surface area (Å²) in [7, 11) is 0. The second-order valence-corrected chi connectivity index (χ2v) is 7.04. The van der Waals surface area contributed by atoms with Crippen LogP contribution in [0.4, 0.5) is 19.7 Å². The van der Waals surface area contributed by atoms with Crippen molar-refractivity contribution in [2.24, 2.45) is 0 Å². The van der Waals surface area contributed by atoms with Crippen LogP contribution in [0, 0.1) is 24.6 Å². The molecule has 1 aliphatic rings. The first-order valence-electron chi connectivity index (χ1n) is 8.44. The van der Waals surface area contributed by atoms with Gasteiger partial charge in [0, 0.05) is 18.5 Å². The number of aryl methyl sites for hydroxylation is 1. The number of rotatable bonds is 2. The average molecular weight is 375 g/mol. The van der Waals surface area contributed by atoms with E-state index in [0.717, 1.165) is 0 Å². The molecule has 1 heterocycles. The van der Waals surface area contributed by atoms with Crippen LogP contribution in [0.3, 0.4) is 0 Å². The van der Waals surface area contributed by atoms with Crippen LogP contribution in [-0.2, 0) is 9.53 Å². The van der Waals surface area contributed by atoms with Crippen molar-refractivity contribution in [2.75, 3.05) is 18.0 Å². The number of benzene rings is 1. The number of amides is 4. The van der Waals surface area contributed by atoms with Crippen molar-refractivity contribution < 1.29 is 23.5 Å². The molecule has 0 unspecified atom stereocenters. The number of anilines is 1. The van der Waals surface area contributed by atoms with Crippen LogP contribution in [0.1, 0.15) is 38.3 Å². The van der Waals surface area contributed by atoms with Crippen molar-refractivity contribution in [3.05, 3.63) is 29.1 Å². The number of hydrogen-bond donors (Lipinski definition) is 2. The van der Waals surface area contributed by atoms with Gasteiger partial charge < -0.3 is 10.1 Å². The van der Waals surface area contributed by atoms with E-state index in [4.69, 9.17) is 4.74 Å². The first kappa shape index (κ1) is 20.2. The van der Waals surface area contributed by atoms with E-state index in [2.05, 4.69) is 22.5 Å². The van der Waals surface area contributed by atoms with Crippen LogP contribution in [0.2, 0.25) is 0 Å². The first-order chi connectivity index (χ1) is 12.6. The Morgan fingerprint density at radius 1 is 1.37 bits per heavy atom. The number of imide groups is 1. The molecular formula is C19H22FN3O4. The molecule has 0 saturated carbocycles. The minimum Gasteiger partial charge on any atom is -0.444 e. The van der Waals surface area contributed by atoms with Crippen LogP contribution in [0.25, 0.3) is 0 Å². The zero-order valence-corrected chi connectivity index (χ0v) is 15.7. The molecule has 1 aliphatic heterocycles. The zero-order valence-electron chi connectivity index (χ0n) is 15.7. The van der Waals surface area contributed by atoms with Crippen molar-refractivity contribution in [1.82, 2.24) is 10.6 Å². The highest BCUT2D eigenvalue weighted by atomic mass is 19.1. The smallest absolute Gasteiger partial charge is 0.408 e. The SMILES string of the molecule is Cc1cc(C#CCNC(=O)OC(C)(C)C)cc(F)c1N1CCC(=O)NC1=O. The maximum Gasteiger partial charge on any atom is 0.408 e. The summed E-state index contributed by atoms with van der Waals surface area (Å²) >= 11 is 0. The van der Waals surface area contributed by atoms with Gasteiger partial charge in [-0.3, -0.25) is 15.0 Å². The third kappa shape index (κ3) is 5.71. The summed E-state index contributed by atoms with van der Waals surface area (Å²) in [6.45, 7) is 7.09. The molecule has 2 N–H and O–H groups in total. The molecule has 1 aromatic carbocycles. The lowest BCUT2D eigenvalue weighted by atomic mass is 10.1. The van der Waals surface area contributed by atoms with Gasteiger partial charge >= 0.3 is 12.1 Å². The molecule has 0 aromatic heterocycles. The van der Waals surface area contributed by atoms with Gasteiger partial charge in [-0.05, 0) is 45.4 Å². The second kappa shape index (κ2) is 8.08. The van der Waals surface area contributed by atoms with Crippen LogP contribution >= 0.6 is 0 Å². The van der Waals surface area contributed by atoms with Gasteiger partial charge in [0.15, 0.2) is 0 Å². The molecule has 7 nitrogen and oxygen atoms in total. The van der Waals surface area contributed by atoms with Gasteiger partial charge in [0.1, 0.15) is 11.4 Å². The minimum atomic E-state index is -0.645. The summed E-state index contributed by atoms with van der Waals surface area (Å²) < 4.78 is 19.6. The van der Waals surface area contributed by atoms with Gasteiger partial charge in [0.2, 0.25) is 5.91 Å². The van der Waals surface area contributed by atoms with E-state index in [0.29, 0.717) is 11.1 Å². The van der Waals surface area contributed by atoms with Crippen molar-refractivity contribution >= 4 is 23.7 Å². The number of nitrogens with zero attached hydrogens (tertiary/aromatic N) is 1. The average Bonchev–Trinajstić information content (AvgIpc) is 2.51. The Balaban J connectivity index is 2.06. The Bertz CT molecular complexity index is 811. The van der Waals surface area contributed by atoms with Crippen LogP contribution in [-0.4, -0.2) is 36.7 Å². The second-order valence-electron chi connectivity index (χ2n) is 7.04. The third-order valence-electron chi connectivity index (χ3n) is 3.53. The van der Waals surface area contributed by atoms with Gasteiger partial charge in [0.25, 0.3) is 0 Å². The molecule has 2 rings (SSSR count). The molecule has 4 amide bonds. The molecule has 0 bridgehead atoms. The van der Waals surface area contributed by atoms with Gasteiger partial charge in [0.05, 0.1) is 12.2 Å². The molecule has 0 radical (unpaired) electrons. The van der Waals surface area contributed by atoms with Gasteiger partial charge in [-0.2, -0.15) is 0 Å². The first-order valence-corrected chi connectivity index (χ1v) is 8.44. The van der Waals surface area contributed by atoms with E-state index >= 15 is 0 Å². The molecular weight excluding hydrogens is 353 g/mol. The predicted octanol–water partition coefficient (Wildman–Crippen LogP) is 2.46. The summed E-state index contributed by atoms with van der Waals surface area (Å²) in [4.78, 5) is 35.9. The molecule has 27 heavy (non-hydrogen) atoms. The summed E-state index contributed by atoms with van der Waals surface area (Å²) in [5, 5.41) is 4.66. The van der Waals surface area contributed by atoms with Crippen molar-refractivity contribution in [3.63, 3.8) is 0 Å². The zero-order chi connectivity index (χ0) is 20.2.